The predicted molar refractivity (Wildman–Crippen MR) is 87.8 cm³/mol. The minimum Gasteiger partial charge on any atom is -0.368 e. The van der Waals surface area contributed by atoms with Crippen LogP contribution in [0.4, 0.5) is 5.69 Å². The molecule has 0 N–H and O–H groups in total. The molecule has 1 aliphatic heterocycles. The number of piperazine rings is 1. The van der Waals surface area contributed by atoms with Gasteiger partial charge in [0.2, 0.25) is 0 Å². The first-order valence-electron chi connectivity index (χ1n) is 7.72. The molecule has 0 bridgehead atoms. The van der Waals surface area contributed by atoms with Gasteiger partial charge in [-0.1, -0.05) is 30.3 Å². The molecule has 0 spiro atoms. The Bertz CT molecular complexity index is 622. The topological polar surface area (TPSA) is 43.2 Å². The summed E-state index contributed by atoms with van der Waals surface area (Å²) in [6, 6.07) is 16.5. The zero-order valence-corrected chi connectivity index (χ0v) is 12.7. The molecule has 1 aliphatic rings. The number of hydrogen-bond acceptors (Lipinski definition) is 4. The molecule has 1 fully saturated rings. The quantitative estimate of drug-likeness (QED) is 0.867. The number of hydrogen-bond donors (Lipinski definition) is 0. The zero-order valence-electron chi connectivity index (χ0n) is 12.7. The monoisotopic (exact) mass is 292 g/mol. The van der Waals surface area contributed by atoms with E-state index in [9.17, 15) is 0 Å². The van der Waals surface area contributed by atoms with Crippen LogP contribution in [-0.4, -0.2) is 42.6 Å². The Kier molecular flexibility index (Phi) is 4.67. The molecule has 1 aromatic heterocycles. The van der Waals surface area contributed by atoms with Gasteiger partial charge in [-0.15, -0.1) is 0 Å². The summed E-state index contributed by atoms with van der Waals surface area (Å²) in [6.45, 7) is 5.30. The van der Waals surface area contributed by atoms with Crippen molar-refractivity contribution in [2.24, 2.45) is 0 Å². The summed E-state index contributed by atoms with van der Waals surface area (Å²) in [6.07, 6.45) is 2.91. The maximum Gasteiger partial charge on any atom is 0.140 e. The lowest BCUT2D eigenvalue weighted by Gasteiger charge is -2.36. The number of rotatable bonds is 4. The van der Waals surface area contributed by atoms with Crippen LogP contribution in [0.15, 0.2) is 48.7 Å². The summed E-state index contributed by atoms with van der Waals surface area (Å²) >= 11 is 0. The van der Waals surface area contributed by atoms with E-state index >= 15 is 0 Å². The van der Waals surface area contributed by atoms with E-state index in [2.05, 4.69) is 51.2 Å². The highest BCUT2D eigenvalue weighted by atomic mass is 15.3. The molecule has 22 heavy (non-hydrogen) atoms. The summed E-state index contributed by atoms with van der Waals surface area (Å²) in [5.74, 6) is 0. The molecule has 0 aliphatic carbocycles. The molecule has 3 rings (SSSR count). The summed E-state index contributed by atoms with van der Waals surface area (Å²) in [7, 11) is 0. The second-order valence-electron chi connectivity index (χ2n) is 5.58. The number of anilines is 1. The first-order chi connectivity index (χ1) is 10.8. The van der Waals surface area contributed by atoms with E-state index in [1.165, 1.54) is 5.56 Å². The number of pyridine rings is 1. The number of nitriles is 1. The normalized spacial score (nSPS) is 15.5. The van der Waals surface area contributed by atoms with E-state index in [1.54, 1.807) is 12.3 Å². The zero-order chi connectivity index (χ0) is 15.2. The molecule has 0 unspecified atom stereocenters. The highest BCUT2D eigenvalue weighted by molar-refractivity contribution is 5.46. The molecular formula is C18H20N4. The second-order valence-corrected chi connectivity index (χ2v) is 5.58. The van der Waals surface area contributed by atoms with Crippen LogP contribution in [0, 0.1) is 11.3 Å². The van der Waals surface area contributed by atoms with Gasteiger partial charge in [0, 0.05) is 32.7 Å². The van der Waals surface area contributed by atoms with Crippen LogP contribution in [0.25, 0.3) is 0 Å². The van der Waals surface area contributed by atoms with Crippen molar-refractivity contribution < 1.29 is 0 Å². The van der Waals surface area contributed by atoms with Gasteiger partial charge in [-0.25, -0.2) is 4.98 Å². The molecule has 0 saturated carbocycles. The van der Waals surface area contributed by atoms with Crippen molar-refractivity contribution in [1.29, 1.82) is 5.26 Å². The van der Waals surface area contributed by atoms with Crippen LogP contribution >= 0.6 is 0 Å². The SMILES string of the molecule is N#Cc1ccc(N2CCN(CCc3ccccc3)CC2)cn1. The summed E-state index contributed by atoms with van der Waals surface area (Å²) < 4.78 is 0. The van der Waals surface area contributed by atoms with Crippen molar-refractivity contribution in [3.8, 4) is 6.07 Å². The van der Waals surface area contributed by atoms with E-state index in [0.29, 0.717) is 5.69 Å². The molecule has 0 amide bonds. The van der Waals surface area contributed by atoms with Crippen LogP contribution in [0.3, 0.4) is 0 Å². The molecule has 1 aromatic carbocycles. The lowest BCUT2D eigenvalue weighted by Crippen LogP contribution is -2.47. The van der Waals surface area contributed by atoms with E-state index in [0.717, 1.165) is 44.8 Å². The van der Waals surface area contributed by atoms with Crippen LogP contribution in [0.5, 0.6) is 0 Å². The first-order valence-corrected chi connectivity index (χ1v) is 7.72. The lowest BCUT2D eigenvalue weighted by atomic mass is 10.1. The van der Waals surface area contributed by atoms with Gasteiger partial charge in [0.25, 0.3) is 0 Å². The van der Waals surface area contributed by atoms with Crippen molar-refractivity contribution in [3.05, 3.63) is 59.9 Å². The Hall–Kier alpha value is -2.38. The minimum atomic E-state index is 0.477. The smallest absolute Gasteiger partial charge is 0.140 e. The fourth-order valence-electron chi connectivity index (χ4n) is 2.80. The Morgan fingerprint density at radius 3 is 2.41 bits per heavy atom. The van der Waals surface area contributed by atoms with Crippen molar-refractivity contribution in [1.82, 2.24) is 9.88 Å². The van der Waals surface area contributed by atoms with Gasteiger partial charge in [0.1, 0.15) is 11.8 Å². The average molecular weight is 292 g/mol. The van der Waals surface area contributed by atoms with Crippen LogP contribution in [0.2, 0.25) is 0 Å². The van der Waals surface area contributed by atoms with Gasteiger partial charge >= 0.3 is 0 Å². The standard InChI is InChI=1S/C18H20N4/c19-14-17-6-7-18(15-20-17)22-12-10-21(11-13-22)9-8-16-4-2-1-3-5-16/h1-7,15H,8-13H2. The highest BCUT2D eigenvalue weighted by Crippen LogP contribution is 2.15. The number of aromatic nitrogens is 1. The number of nitrogens with zero attached hydrogens (tertiary/aromatic N) is 4. The minimum absolute atomic E-state index is 0.477. The maximum atomic E-state index is 8.79. The van der Waals surface area contributed by atoms with Gasteiger partial charge in [-0.05, 0) is 24.1 Å². The molecule has 4 heteroatoms. The van der Waals surface area contributed by atoms with E-state index in [4.69, 9.17) is 5.26 Å². The summed E-state index contributed by atoms with van der Waals surface area (Å²) in [4.78, 5) is 9.01. The number of benzene rings is 1. The van der Waals surface area contributed by atoms with Crippen molar-refractivity contribution in [2.45, 2.75) is 6.42 Å². The third kappa shape index (κ3) is 3.63. The van der Waals surface area contributed by atoms with E-state index in [-0.39, 0.29) is 0 Å². The molecule has 4 nitrogen and oxygen atoms in total. The largest absolute Gasteiger partial charge is 0.368 e. The van der Waals surface area contributed by atoms with Gasteiger partial charge < -0.3 is 4.90 Å². The summed E-state index contributed by atoms with van der Waals surface area (Å²) in [5.41, 5.74) is 2.99. The van der Waals surface area contributed by atoms with Crippen LogP contribution in [0.1, 0.15) is 11.3 Å². The van der Waals surface area contributed by atoms with Crippen molar-refractivity contribution in [2.75, 3.05) is 37.6 Å². The van der Waals surface area contributed by atoms with Gasteiger partial charge in [-0.2, -0.15) is 5.26 Å². The Morgan fingerprint density at radius 1 is 1.00 bits per heavy atom. The maximum absolute atomic E-state index is 8.79. The van der Waals surface area contributed by atoms with E-state index in [1.807, 2.05) is 6.07 Å². The van der Waals surface area contributed by atoms with Gasteiger partial charge in [0.15, 0.2) is 0 Å². The predicted octanol–water partition coefficient (Wildman–Crippen LogP) is 2.32. The highest BCUT2D eigenvalue weighted by Gasteiger charge is 2.17. The van der Waals surface area contributed by atoms with E-state index < -0.39 is 0 Å². The first kappa shape index (κ1) is 14.6. The Balaban J connectivity index is 1.48. The fourth-order valence-corrected chi connectivity index (χ4v) is 2.80. The third-order valence-corrected chi connectivity index (χ3v) is 4.16. The van der Waals surface area contributed by atoms with Gasteiger partial charge in [0.05, 0.1) is 11.9 Å². The molecule has 0 atom stereocenters. The molecule has 0 radical (unpaired) electrons. The summed E-state index contributed by atoms with van der Waals surface area (Å²) in [5, 5.41) is 8.79. The fraction of sp³-hybridized carbons (Fsp3) is 0.333. The second kappa shape index (κ2) is 7.06. The molecular weight excluding hydrogens is 272 g/mol. The van der Waals surface area contributed by atoms with Gasteiger partial charge in [-0.3, -0.25) is 4.90 Å². The van der Waals surface area contributed by atoms with Crippen LogP contribution in [-0.2, 0) is 6.42 Å². The third-order valence-electron chi connectivity index (χ3n) is 4.16. The molecule has 1 saturated heterocycles. The Labute approximate surface area is 131 Å². The van der Waals surface area contributed by atoms with Crippen molar-refractivity contribution in [3.63, 3.8) is 0 Å². The van der Waals surface area contributed by atoms with Crippen molar-refractivity contribution >= 4 is 5.69 Å². The lowest BCUT2D eigenvalue weighted by molar-refractivity contribution is 0.261. The Morgan fingerprint density at radius 2 is 1.77 bits per heavy atom. The molecule has 2 aromatic rings. The average Bonchev–Trinajstić information content (AvgIpc) is 2.61. The molecule has 2 heterocycles. The van der Waals surface area contributed by atoms with Crippen LogP contribution < -0.4 is 4.90 Å². The molecule has 112 valence electrons.